The van der Waals surface area contributed by atoms with Crippen LogP contribution in [0.25, 0.3) is 16.9 Å². The zero-order valence-electron chi connectivity index (χ0n) is 19.1. The van der Waals surface area contributed by atoms with Crippen molar-refractivity contribution in [2.75, 3.05) is 5.32 Å². The lowest BCUT2D eigenvalue weighted by Crippen LogP contribution is -2.09. The third-order valence-corrected chi connectivity index (χ3v) is 5.69. The standard InChI is InChI=1S/C27H24N6O/c1-18-12-21(15-30-25(18)22-8-9-28-19(2)13-22)16-31-26-27-32-17-23(33(27)11-10-29-26)24(34)14-20-6-4-3-5-7-20/h3-13,15,17H,14,16H2,1-2H3,(H,29,31). The van der Waals surface area contributed by atoms with Crippen molar-refractivity contribution < 1.29 is 4.79 Å². The highest BCUT2D eigenvalue weighted by atomic mass is 16.1. The second-order valence-electron chi connectivity index (χ2n) is 8.25. The van der Waals surface area contributed by atoms with Crippen LogP contribution in [0.2, 0.25) is 0 Å². The molecule has 0 aliphatic heterocycles. The molecule has 4 aromatic heterocycles. The summed E-state index contributed by atoms with van der Waals surface area (Å²) in [5.74, 6) is 0.630. The fraction of sp³-hybridized carbons (Fsp3) is 0.148. The molecule has 1 aromatic carbocycles. The highest BCUT2D eigenvalue weighted by Gasteiger charge is 2.15. The second-order valence-corrected chi connectivity index (χ2v) is 8.25. The predicted molar refractivity (Wildman–Crippen MR) is 132 cm³/mol. The van der Waals surface area contributed by atoms with E-state index in [1.54, 1.807) is 29.2 Å². The first-order chi connectivity index (χ1) is 16.6. The molecule has 0 amide bonds. The normalized spacial score (nSPS) is 11.0. The summed E-state index contributed by atoms with van der Waals surface area (Å²) in [6.07, 6.45) is 9.05. The number of Topliss-reactive ketones (excluding diaryl/α,β-unsaturated/α-hetero) is 1. The number of nitrogens with one attached hydrogen (secondary N) is 1. The minimum absolute atomic E-state index is 0.0117. The third-order valence-electron chi connectivity index (χ3n) is 5.69. The maximum Gasteiger partial charge on any atom is 0.185 e. The molecular formula is C27H24N6O. The van der Waals surface area contributed by atoms with Gasteiger partial charge in [-0.3, -0.25) is 19.2 Å². The van der Waals surface area contributed by atoms with Crippen LogP contribution in [0.4, 0.5) is 5.82 Å². The van der Waals surface area contributed by atoms with E-state index in [4.69, 9.17) is 0 Å². The SMILES string of the molecule is Cc1cc(-c2ncc(CNc3nccn4c(C(=O)Cc5ccccc5)cnc34)cc2C)ccn1. The first kappa shape index (κ1) is 21.5. The number of carbonyl (C=O) groups is 1. The number of pyridine rings is 2. The van der Waals surface area contributed by atoms with Crippen LogP contribution in [0, 0.1) is 13.8 Å². The number of imidazole rings is 1. The van der Waals surface area contributed by atoms with Crippen LogP contribution in [-0.4, -0.2) is 30.1 Å². The molecule has 0 saturated heterocycles. The molecule has 0 aliphatic carbocycles. The van der Waals surface area contributed by atoms with Gasteiger partial charge in [-0.1, -0.05) is 36.4 Å². The first-order valence-corrected chi connectivity index (χ1v) is 11.1. The van der Waals surface area contributed by atoms with Crippen molar-refractivity contribution in [1.29, 1.82) is 0 Å². The van der Waals surface area contributed by atoms with Crippen molar-refractivity contribution in [3.8, 4) is 11.3 Å². The van der Waals surface area contributed by atoms with Crippen LogP contribution in [0.5, 0.6) is 0 Å². The van der Waals surface area contributed by atoms with Gasteiger partial charge in [-0.25, -0.2) is 9.97 Å². The van der Waals surface area contributed by atoms with Gasteiger partial charge in [-0.15, -0.1) is 0 Å². The second kappa shape index (κ2) is 9.23. The van der Waals surface area contributed by atoms with Gasteiger partial charge >= 0.3 is 0 Å². The van der Waals surface area contributed by atoms with E-state index in [2.05, 4.69) is 38.2 Å². The molecule has 34 heavy (non-hydrogen) atoms. The molecule has 0 bridgehead atoms. The number of aryl methyl sites for hydroxylation is 2. The molecule has 7 nitrogen and oxygen atoms in total. The van der Waals surface area contributed by atoms with Gasteiger partial charge in [0.25, 0.3) is 0 Å². The van der Waals surface area contributed by atoms with Gasteiger partial charge in [-0.05, 0) is 42.7 Å². The van der Waals surface area contributed by atoms with E-state index in [9.17, 15) is 4.79 Å². The highest BCUT2D eigenvalue weighted by Crippen LogP contribution is 2.23. The Bertz CT molecular complexity index is 1480. The van der Waals surface area contributed by atoms with Gasteiger partial charge in [-0.2, -0.15) is 0 Å². The number of carbonyl (C=O) groups excluding carboxylic acids is 1. The highest BCUT2D eigenvalue weighted by molar-refractivity contribution is 5.97. The van der Waals surface area contributed by atoms with Crippen LogP contribution in [0.15, 0.2) is 79.5 Å². The number of rotatable bonds is 7. The molecular weight excluding hydrogens is 424 g/mol. The van der Waals surface area contributed by atoms with E-state index in [0.29, 0.717) is 30.1 Å². The summed E-state index contributed by atoms with van der Waals surface area (Å²) in [6.45, 7) is 4.57. The van der Waals surface area contributed by atoms with Crippen molar-refractivity contribution >= 4 is 17.2 Å². The molecule has 0 aliphatic rings. The average Bonchev–Trinajstić information content (AvgIpc) is 3.28. The molecule has 5 aromatic rings. The summed E-state index contributed by atoms with van der Waals surface area (Å²) in [7, 11) is 0. The molecule has 168 valence electrons. The van der Waals surface area contributed by atoms with Gasteiger partial charge in [0.05, 0.1) is 11.9 Å². The van der Waals surface area contributed by atoms with Crippen molar-refractivity contribution in [2.24, 2.45) is 0 Å². The molecule has 4 heterocycles. The van der Waals surface area contributed by atoms with Gasteiger partial charge < -0.3 is 5.32 Å². The molecule has 0 spiro atoms. The van der Waals surface area contributed by atoms with Gasteiger partial charge in [0.2, 0.25) is 0 Å². The Labute approximate surface area is 197 Å². The van der Waals surface area contributed by atoms with Crippen LogP contribution in [0.1, 0.15) is 32.9 Å². The number of hydrogen-bond donors (Lipinski definition) is 1. The van der Waals surface area contributed by atoms with Crippen LogP contribution in [0.3, 0.4) is 0 Å². The first-order valence-electron chi connectivity index (χ1n) is 11.1. The van der Waals surface area contributed by atoms with E-state index >= 15 is 0 Å². The van der Waals surface area contributed by atoms with Crippen LogP contribution >= 0.6 is 0 Å². The maximum atomic E-state index is 12.9. The fourth-order valence-electron chi connectivity index (χ4n) is 4.03. The molecule has 5 rings (SSSR count). The Kier molecular flexibility index (Phi) is 5.82. The number of fused-ring (bicyclic) bond motifs is 1. The fourth-order valence-corrected chi connectivity index (χ4v) is 4.03. The predicted octanol–water partition coefficient (Wildman–Crippen LogP) is 4.84. The van der Waals surface area contributed by atoms with E-state index in [0.717, 1.165) is 33.6 Å². The third kappa shape index (κ3) is 4.41. The molecule has 7 heteroatoms. The Balaban J connectivity index is 1.34. The van der Waals surface area contributed by atoms with Crippen LogP contribution in [-0.2, 0) is 13.0 Å². The largest absolute Gasteiger partial charge is 0.363 e. The number of hydrogen-bond acceptors (Lipinski definition) is 6. The summed E-state index contributed by atoms with van der Waals surface area (Å²) in [4.78, 5) is 30.7. The quantitative estimate of drug-likeness (QED) is 0.359. The molecule has 0 atom stereocenters. The van der Waals surface area contributed by atoms with Crippen molar-refractivity contribution in [3.63, 3.8) is 0 Å². The summed E-state index contributed by atoms with van der Waals surface area (Å²) in [6, 6.07) is 15.8. The lowest BCUT2D eigenvalue weighted by molar-refractivity contribution is 0.0987. The smallest absolute Gasteiger partial charge is 0.185 e. The summed E-state index contributed by atoms with van der Waals surface area (Å²) >= 11 is 0. The summed E-state index contributed by atoms with van der Waals surface area (Å²) in [5.41, 5.74) is 7.22. The number of benzene rings is 1. The zero-order valence-corrected chi connectivity index (χ0v) is 19.1. The zero-order chi connectivity index (χ0) is 23.5. The minimum atomic E-state index is 0.0117. The monoisotopic (exact) mass is 448 g/mol. The number of nitrogens with zero attached hydrogens (tertiary/aromatic N) is 5. The van der Waals surface area contributed by atoms with E-state index in [-0.39, 0.29) is 5.78 Å². The Morgan fingerprint density at radius 1 is 0.912 bits per heavy atom. The van der Waals surface area contributed by atoms with E-state index < -0.39 is 0 Å². The average molecular weight is 449 g/mol. The van der Waals surface area contributed by atoms with Gasteiger partial charge in [0, 0.05) is 49.0 Å². The Morgan fingerprint density at radius 3 is 2.56 bits per heavy atom. The number of anilines is 1. The van der Waals surface area contributed by atoms with E-state index in [1.807, 2.05) is 55.6 Å². The number of aromatic nitrogens is 5. The molecule has 0 unspecified atom stereocenters. The topological polar surface area (TPSA) is 85.1 Å². The Morgan fingerprint density at radius 2 is 1.76 bits per heavy atom. The van der Waals surface area contributed by atoms with Gasteiger partial charge in [0.15, 0.2) is 17.2 Å². The summed E-state index contributed by atoms with van der Waals surface area (Å²) < 4.78 is 1.79. The summed E-state index contributed by atoms with van der Waals surface area (Å²) in [5, 5.41) is 3.35. The lowest BCUT2D eigenvalue weighted by Gasteiger charge is -2.10. The lowest BCUT2D eigenvalue weighted by atomic mass is 10.1. The molecule has 0 radical (unpaired) electrons. The number of ketones is 1. The van der Waals surface area contributed by atoms with Crippen molar-refractivity contribution in [2.45, 2.75) is 26.8 Å². The van der Waals surface area contributed by atoms with Crippen LogP contribution < -0.4 is 5.32 Å². The minimum Gasteiger partial charge on any atom is -0.363 e. The molecule has 0 fully saturated rings. The maximum absolute atomic E-state index is 12.9. The molecule has 1 N–H and O–H groups in total. The van der Waals surface area contributed by atoms with E-state index in [1.165, 1.54) is 0 Å². The Hall–Kier alpha value is -4.39. The molecule has 0 saturated carbocycles. The van der Waals surface area contributed by atoms with Crippen molar-refractivity contribution in [1.82, 2.24) is 24.3 Å². The van der Waals surface area contributed by atoms with Crippen molar-refractivity contribution in [3.05, 3.63) is 108 Å². The van der Waals surface area contributed by atoms with Gasteiger partial charge in [0.1, 0.15) is 5.69 Å².